The molecule has 2 atom stereocenters. The normalized spacial score (nSPS) is 13.3. The van der Waals surface area contributed by atoms with E-state index < -0.39 is 0 Å². The van der Waals surface area contributed by atoms with Gasteiger partial charge >= 0.3 is 5.97 Å². The minimum Gasteiger partial charge on any atom is -0.462 e. The molecule has 214 valence electrons. The lowest BCUT2D eigenvalue weighted by molar-refractivity contribution is -0.150. The summed E-state index contributed by atoms with van der Waals surface area (Å²) in [6.45, 7) is 9.13. The quantitative estimate of drug-likeness (QED) is 0.0599. The zero-order chi connectivity index (χ0) is 26.5. The highest BCUT2D eigenvalue weighted by molar-refractivity contribution is 5.69. The molecule has 2 nitrogen and oxygen atoms in total. The number of hydrogen-bond donors (Lipinski definition) is 0. The Hall–Kier alpha value is -0.790. The number of rotatable bonds is 28. The van der Waals surface area contributed by atoms with Crippen molar-refractivity contribution in [2.24, 2.45) is 5.92 Å². The summed E-state index contributed by atoms with van der Waals surface area (Å²) >= 11 is 0. The lowest BCUT2D eigenvalue weighted by Gasteiger charge is -2.21. The van der Waals surface area contributed by atoms with Crippen LogP contribution in [0.2, 0.25) is 0 Å². The van der Waals surface area contributed by atoms with E-state index in [1.54, 1.807) is 0 Å². The van der Waals surface area contributed by atoms with Gasteiger partial charge in [0, 0.05) is 6.42 Å². The van der Waals surface area contributed by atoms with Crippen molar-refractivity contribution < 1.29 is 9.53 Å². The van der Waals surface area contributed by atoms with Crippen LogP contribution in [0, 0.1) is 5.92 Å². The largest absolute Gasteiger partial charge is 0.462 e. The van der Waals surface area contributed by atoms with E-state index in [-0.39, 0.29) is 12.1 Å². The van der Waals surface area contributed by atoms with Crippen molar-refractivity contribution in [2.45, 2.75) is 194 Å². The number of carbonyl (C=O) groups excluding carboxylic acids is 1. The summed E-state index contributed by atoms with van der Waals surface area (Å²) in [4.78, 5) is 12.5. The van der Waals surface area contributed by atoms with Crippen molar-refractivity contribution in [2.75, 3.05) is 0 Å². The van der Waals surface area contributed by atoms with E-state index in [0.29, 0.717) is 6.42 Å². The first-order valence-corrected chi connectivity index (χ1v) is 16.5. The topological polar surface area (TPSA) is 26.3 Å². The van der Waals surface area contributed by atoms with Gasteiger partial charge in [-0.15, -0.1) is 0 Å². The first-order valence-electron chi connectivity index (χ1n) is 16.5. The molecule has 0 aromatic carbocycles. The fourth-order valence-corrected chi connectivity index (χ4v) is 5.11. The SMILES string of the molecule is CCCCCCCC/C=C/CCCCCCCC(=O)OC(CCCCCC)CCC(CC)CCCC. The average Bonchev–Trinajstić information content (AvgIpc) is 2.88. The van der Waals surface area contributed by atoms with E-state index in [1.165, 1.54) is 128 Å². The van der Waals surface area contributed by atoms with Crippen LogP contribution in [0.25, 0.3) is 0 Å². The summed E-state index contributed by atoms with van der Waals surface area (Å²) in [6, 6.07) is 0. The number of esters is 1. The van der Waals surface area contributed by atoms with Crippen LogP contribution in [-0.4, -0.2) is 12.1 Å². The molecule has 0 N–H and O–H groups in total. The van der Waals surface area contributed by atoms with E-state index in [0.717, 1.165) is 31.6 Å². The third-order valence-electron chi connectivity index (χ3n) is 7.76. The van der Waals surface area contributed by atoms with E-state index in [1.807, 2.05) is 0 Å². The Balaban J connectivity index is 3.92. The molecule has 2 unspecified atom stereocenters. The lowest BCUT2D eigenvalue weighted by atomic mass is 9.92. The molecule has 2 heteroatoms. The van der Waals surface area contributed by atoms with Crippen LogP contribution in [-0.2, 0) is 9.53 Å². The van der Waals surface area contributed by atoms with Crippen LogP contribution in [0.1, 0.15) is 188 Å². The molecule has 0 aromatic rings. The second-order valence-corrected chi connectivity index (χ2v) is 11.3. The molecule has 0 saturated heterocycles. The molecule has 0 aromatic heterocycles. The predicted molar refractivity (Wildman–Crippen MR) is 161 cm³/mol. The van der Waals surface area contributed by atoms with Crippen LogP contribution in [0.5, 0.6) is 0 Å². The Morgan fingerprint density at radius 1 is 0.556 bits per heavy atom. The number of hydrogen-bond acceptors (Lipinski definition) is 2. The van der Waals surface area contributed by atoms with E-state index in [4.69, 9.17) is 4.74 Å². The van der Waals surface area contributed by atoms with Crippen molar-refractivity contribution in [3.63, 3.8) is 0 Å². The number of unbranched alkanes of at least 4 members (excludes halogenated alkanes) is 15. The Bertz CT molecular complexity index is 470. The minimum atomic E-state index is 0.0507. The fraction of sp³-hybridized carbons (Fsp3) is 0.912. The van der Waals surface area contributed by atoms with Crippen LogP contribution < -0.4 is 0 Å². The van der Waals surface area contributed by atoms with E-state index >= 15 is 0 Å². The van der Waals surface area contributed by atoms with Gasteiger partial charge in [0.25, 0.3) is 0 Å². The highest BCUT2D eigenvalue weighted by atomic mass is 16.5. The van der Waals surface area contributed by atoms with Gasteiger partial charge in [-0.2, -0.15) is 0 Å². The molecule has 0 aliphatic carbocycles. The average molecular weight is 507 g/mol. The maximum absolute atomic E-state index is 12.5. The Morgan fingerprint density at radius 3 is 1.67 bits per heavy atom. The van der Waals surface area contributed by atoms with Crippen molar-refractivity contribution in [3.8, 4) is 0 Å². The third-order valence-corrected chi connectivity index (χ3v) is 7.76. The first-order chi connectivity index (χ1) is 17.7. The summed E-state index contributed by atoms with van der Waals surface area (Å²) in [6.07, 6.45) is 35.8. The molecule has 0 aliphatic heterocycles. The van der Waals surface area contributed by atoms with Crippen molar-refractivity contribution in [1.29, 1.82) is 0 Å². The predicted octanol–water partition coefficient (Wildman–Crippen LogP) is 11.9. The summed E-state index contributed by atoms with van der Waals surface area (Å²) in [5, 5.41) is 0. The van der Waals surface area contributed by atoms with Gasteiger partial charge < -0.3 is 4.74 Å². The fourth-order valence-electron chi connectivity index (χ4n) is 5.11. The third kappa shape index (κ3) is 24.9. The van der Waals surface area contributed by atoms with Gasteiger partial charge in [0.2, 0.25) is 0 Å². The summed E-state index contributed by atoms with van der Waals surface area (Å²) in [5.74, 6) is 0.849. The summed E-state index contributed by atoms with van der Waals surface area (Å²) in [5.41, 5.74) is 0. The number of carbonyl (C=O) groups is 1. The standard InChI is InChI=1S/C34H66O2/c1-5-9-12-14-15-16-17-18-19-20-21-22-23-24-26-29-34(35)36-33(28-25-13-10-6-2)31-30-32(8-4)27-11-7-3/h18-19,32-33H,5-17,20-31H2,1-4H3/b19-18+. The summed E-state index contributed by atoms with van der Waals surface area (Å²) in [7, 11) is 0. The van der Waals surface area contributed by atoms with Gasteiger partial charge in [-0.1, -0.05) is 136 Å². The second-order valence-electron chi connectivity index (χ2n) is 11.3. The monoisotopic (exact) mass is 507 g/mol. The van der Waals surface area contributed by atoms with Gasteiger partial charge in [-0.25, -0.2) is 0 Å². The van der Waals surface area contributed by atoms with Crippen LogP contribution >= 0.6 is 0 Å². The molecule has 0 saturated carbocycles. The zero-order valence-electron chi connectivity index (χ0n) is 25.3. The van der Waals surface area contributed by atoms with Crippen molar-refractivity contribution in [1.82, 2.24) is 0 Å². The van der Waals surface area contributed by atoms with E-state index in [9.17, 15) is 4.79 Å². The molecule has 0 rings (SSSR count). The molecular formula is C34H66O2. The molecule has 0 spiro atoms. The Labute approximate surface area is 227 Å². The van der Waals surface area contributed by atoms with Gasteiger partial charge in [0.05, 0.1) is 0 Å². The minimum absolute atomic E-state index is 0.0507. The van der Waals surface area contributed by atoms with Crippen LogP contribution in [0.15, 0.2) is 12.2 Å². The zero-order valence-corrected chi connectivity index (χ0v) is 25.3. The molecule has 36 heavy (non-hydrogen) atoms. The van der Waals surface area contributed by atoms with Crippen LogP contribution in [0.3, 0.4) is 0 Å². The molecule has 0 heterocycles. The lowest BCUT2D eigenvalue weighted by Crippen LogP contribution is -2.19. The smallest absolute Gasteiger partial charge is 0.306 e. The maximum Gasteiger partial charge on any atom is 0.306 e. The Kier molecular flexibility index (Phi) is 28.1. The molecule has 0 bridgehead atoms. The number of ether oxygens (including phenoxy) is 1. The molecule has 0 amide bonds. The molecule has 0 fully saturated rings. The van der Waals surface area contributed by atoms with E-state index in [2.05, 4.69) is 39.8 Å². The Morgan fingerprint density at radius 2 is 1.08 bits per heavy atom. The van der Waals surface area contributed by atoms with Gasteiger partial charge in [-0.3, -0.25) is 4.79 Å². The molecule has 0 radical (unpaired) electrons. The molecular weight excluding hydrogens is 440 g/mol. The molecule has 0 aliphatic rings. The van der Waals surface area contributed by atoms with Crippen molar-refractivity contribution >= 4 is 5.97 Å². The van der Waals surface area contributed by atoms with Crippen molar-refractivity contribution in [3.05, 3.63) is 12.2 Å². The highest BCUT2D eigenvalue weighted by Gasteiger charge is 2.16. The number of allylic oxidation sites excluding steroid dienone is 2. The summed E-state index contributed by atoms with van der Waals surface area (Å²) < 4.78 is 6.00. The van der Waals surface area contributed by atoms with Gasteiger partial charge in [0.15, 0.2) is 0 Å². The van der Waals surface area contributed by atoms with Gasteiger partial charge in [0.1, 0.15) is 6.10 Å². The van der Waals surface area contributed by atoms with Gasteiger partial charge in [-0.05, 0) is 63.7 Å². The highest BCUT2D eigenvalue weighted by Crippen LogP contribution is 2.23. The maximum atomic E-state index is 12.5. The second kappa shape index (κ2) is 28.8. The van der Waals surface area contributed by atoms with Crippen LogP contribution in [0.4, 0.5) is 0 Å². The first kappa shape index (κ1) is 35.2.